The lowest BCUT2D eigenvalue weighted by molar-refractivity contribution is -0.00887. The number of amides is 3. The fraction of sp³-hybridized carbons (Fsp3) is 0.447. The highest BCUT2D eigenvalue weighted by molar-refractivity contribution is 6.04. The summed E-state index contributed by atoms with van der Waals surface area (Å²) in [6, 6.07) is 8.30. The monoisotopic (exact) mass is 755 g/mol. The van der Waals surface area contributed by atoms with Gasteiger partial charge in [-0.2, -0.15) is 5.10 Å². The third kappa shape index (κ3) is 7.54. The smallest absolute Gasteiger partial charge is 0.276 e. The Morgan fingerprint density at radius 2 is 1.82 bits per heavy atom. The molecule has 0 aliphatic carbocycles. The Morgan fingerprint density at radius 1 is 1.07 bits per heavy atom. The van der Waals surface area contributed by atoms with Crippen LogP contribution in [0.3, 0.4) is 0 Å². The lowest BCUT2D eigenvalue weighted by Crippen LogP contribution is -2.56. The molecule has 7 rings (SSSR count). The van der Waals surface area contributed by atoms with Gasteiger partial charge in [0.1, 0.15) is 28.4 Å². The number of imidazole rings is 1. The Kier molecular flexibility index (Phi) is 10.7. The van der Waals surface area contributed by atoms with Crippen molar-refractivity contribution >= 4 is 46.1 Å². The van der Waals surface area contributed by atoms with Crippen molar-refractivity contribution in [3.05, 3.63) is 65.0 Å². The molecule has 2 aromatic heterocycles. The Bertz CT molecular complexity index is 2130. The molecule has 0 bridgehead atoms. The van der Waals surface area contributed by atoms with E-state index < -0.39 is 11.8 Å². The van der Waals surface area contributed by atoms with Gasteiger partial charge in [0, 0.05) is 62.4 Å². The summed E-state index contributed by atoms with van der Waals surface area (Å²) in [5.74, 6) is -0.349. The number of nitrogens with one attached hydrogen (secondary N) is 3. The van der Waals surface area contributed by atoms with Crippen molar-refractivity contribution in [2.24, 2.45) is 16.9 Å². The maximum atomic E-state index is 13.5. The fourth-order valence-corrected chi connectivity index (χ4v) is 7.78. The summed E-state index contributed by atoms with van der Waals surface area (Å²) >= 11 is 0. The standard InChI is InChI=1S/C38H49N11O6/c1-5-49-28(15-23(2)45-49)35(52)44-37-43-26-16-24(33(39)50)18-29(53-4)31(26)48(37)12-7-6-11-47-32-27(42-36(47)41-3)17-25(34(40)51)19-30(32)55-13-8-10-46-20-38(21-46)9-14-54-22-38/h6-7,15-19,36,41-42H,5,8-14,20-22H2,1-4H3,(H2,39,50)(H2,40,51)(H,43,44,52)/b7-6+. The van der Waals surface area contributed by atoms with Gasteiger partial charge in [0.15, 0.2) is 6.29 Å². The first-order valence-electron chi connectivity index (χ1n) is 18.5. The minimum atomic E-state index is -0.628. The van der Waals surface area contributed by atoms with Gasteiger partial charge in [-0.05, 0) is 64.1 Å². The van der Waals surface area contributed by atoms with E-state index in [9.17, 15) is 14.4 Å². The van der Waals surface area contributed by atoms with E-state index in [1.807, 2.05) is 37.6 Å². The van der Waals surface area contributed by atoms with Crippen LogP contribution in [0.25, 0.3) is 11.0 Å². The summed E-state index contributed by atoms with van der Waals surface area (Å²) in [6.07, 6.45) is 5.61. The number of likely N-dealkylation sites (tertiary alicyclic amines) is 1. The van der Waals surface area contributed by atoms with E-state index >= 15 is 0 Å². The molecule has 17 nitrogen and oxygen atoms in total. The Balaban J connectivity index is 1.11. The number of nitrogens with two attached hydrogens (primary N) is 2. The van der Waals surface area contributed by atoms with Crippen molar-refractivity contribution in [3.8, 4) is 11.5 Å². The molecule has 2 saturated heterocycles. The van der Waals surface area contributed by atoms with E-state index in [2.05, 4.69) is 30.8 Å². The van der Waals surface area contributed by atoms with Gasteiger partial charge < -0.3 is 45.4 Å². The highest BCUT2D eigenvalue weighted by atomic mass is 16.5. The van der Waals surface area contributed by atoms with E-state index in [1.165, 1.54) is 7.11 Å². The SMILES string of the molecule is CCn1nc(C)cc1C(=O)Nc1nc2cc(C(N)=O)cc(OC)c2n1C/C=C/CN1c2c(cc(C(N)=O)cc2OCCCN2CC3(CCOC3)C2)NC1NC. The van der Waals surface area contributed by atoms with Crippen LogP contribution in [0.4, 0.5) is 17.3 Å². The molecule has 55 heavy (non-hydrogen) atoms. The lowest BCUT2D eigenvalue weighted by atomic mass is 9.79. The summed E-state index contributed by atoms with van der Waals surface area (Å²) in [6.45, 7) is 10.2. The molecule has 3 aliphatic rings. The van der Waals surface area contributed by atoms with Gasteiger partial charge in [-0.15, -0.1) is 0 Å². The average molecular weight is 756 g/mol. The van der Waals surface area contributed by atoms with Crippen LogP contribution in [-0.4, -0.2) is 108 Å². The zero-order valence-corrected chi connectivity index (χ0v) is 31.7. The van der Waals surface area contributed by atoms with E-state index in [-0.39, 0.29) is 30.3 Å². The summed E-state index contributed by atoms with van der Waals surface area (Å²) in [5, 5.41) is 14.1. The van der Waals surface area contributed by atoms with Crippen molar-refractivity contribution in [2.45, 2.75) is 46.1 Å². The molecule has 3 aliphatic heterocycles. The average Bonchev–Trinajstić information content (AvgIpc) is 3.95. The Labute approximate surface area is 318 Å². The topological polar surface area (TPSA) is 209 Å². The Hall–Kier alpha value is -5.65. The van der Waals surface area contributed by atoms with Crippen LogP contribution in [0.1, 0.15) is 56.7 Å². The van der Waals surface area contributed by atoms with Gasteiger partial charge in [-0.1, -0.05) is 12.2 Å². The number of aromatic nitrogens is 4. The second-order valence-corrected chi connectivity index (χ2v) is 14.3. The lowest BCUT2D eigenvalue weighted by Gasteiger charge is -2.47. The quantitative estimate of drug-likeness (QED) is 0.0826. The van der Waals surface area contributed by atoms with Crippen molar-refractivity contribution in [2.75, 3.05) is 75.7 Å². The van der Waals surface area contributed by atoms with Gasteiger partial charge in [0.05, 0.1) is 37.2 Å². The molecule has 2 aromatic carbocycles. The molecule has 2 fully saturated rings. The number of fused-ring (bicyclic) bond motifs is 2. The molecule has 5 heterocycles. The third-order valence-electron chi connectivity index (χ3n) is 10.4. The highest BCUT2D eigenvalue weighted by Gasteiger charge is 2.45. The van der Waals surface area contributed by atoms with Crippen LogP contribution in [-0.2, 0) is 17.8 Å². The van der Waals surface area contributed by atoms with Crippen LogP contribution < -0.4 is 41.8 Å². The summed E-state index contributed by atoms with van der Waals surface area (Å²) in [5.41, 5.74) is 15.9. The summed E-state index contributed by atoms with van der Waals surface area (Å²) in [7, 11) is 3.34. The first-order valence-corrected chi connectivity index (χ1v) is 18.5. The number of aryl methyl sites for hydroxylation is 2. The van der Waals surface area contributed by atoms with Crippen molar-refractivity contribution < 1.29 is 28.6 Å². The first-order chi connectivity index (χ1) is 26.5. The molecule has 4 aromatic rings. The molecular formula is C38H49N11O6. The maximum absolute atomic E-state index is 13.5. The second kappa shape index (κ2) is 15.6. The molecule has 1 spiro atoms. The number of rotatable bonds is 16. The molecule has 7 N–H and O–H groups in total. The molecule has 17 heteroatoms. The molecule has 292 valence electrons. The molecule has 3 amide bonds. The number of methoxy groups -OCH3 is 1. The van der Waals surface area contributed by atoms with Gasteiger partial charge in [0.2, 0.25) is 17.8 Å². The largest absolute Gasteiger partial charge is 0.494 e. The minimum Gasteiger partial charge on any atom is -0.494 e. The van der Waals surface area contributed by atoms with Crippen molar-refractivity contribution in [1.29, 1.82) is 0 Å². The molecule has 1 unspecified atom stereocenters. The number of carbonyl (C=O) groups is 3. The van der Waals surface area contributed by atoms with Crippen LogP contribution in [0.5, 0.6) is 11.5 Å². The number of anilines is 3. The summed E-state index contributed by atoms with van der Waals surface area (Å²) < 4.78 is 21.1. The molecular weight excluding hydrogens is 706 g/mol. The molecule has 1 atom stereocenters. The van der Waals surface area contributed by atoms with Gasteiger partial charge >= 0.3 is 0 Å². The number of carbonyl (C=O) groups excluding carboxylic acids is 3. The normalized spacial score (nSPS) is 17.5. The number of hydrogen-bond donors (Lipinski definition) is 5. The number of nitrogens with zero attached hydrogens (tertiary/aromatic N) is 6. The van der Waals surface area contributed by atoms with Gasteiger partial charge in [-0.3, -0.25) is 29.7 Å². The summed E-state index contributed by atoms with van der Waals surface area (Å²) in [4.78, 5) is 47.2. The number of benzene rings is 2. The van der Waals surface area contributed by atoms with Crippen LogP contribution in [0.15, 0.2) is 42.5 Å². The van der Waals surface area contributed by atoms with Crippen LogP contribution in [0.2, 0.25) is 0 Å². The van der Waals surface area contributed by atoms with Gasteiger partial charge in [0.25, 0.3) is 5.91 Å². The van der Waals surface area contributed by atoms with E-state index in [0.29, 0.717) is 64.6 Å². The first kappa shape index (κ1) is 37.7. The number of ether oxygens (including phenoxy) is 3. The zero-order valence-electron chi connectivity index (χ0n) is 31.7. The van der Waals surface area contributed by atoms with Crippen molar-refractivity contribution in [3.63, 3.8) is 0 Å². The van der Waals surface area contributed by atoms with E-state index in [0.717, 1.165) is 57.1 Å². The Morgan fingerprint density at radius 3 is 2.51 bits per heavy atom. The zero-order chi connectivity index (χ0) is 38.9. The predicted octanol–water partition coefficient (Wildman–Crippen LogP) is 2.50. The van der Waals surface area contributed by atoms with E-state index in [4.69, 9.17) is 30.7 Å². The van der Waals surface area contributed by atoms with Crippen molar-refractivity contribution in [1.82, 2.24) is 29.5 Å². The third-order valence-corrected chi connectivity index (χ3v) is 10.4. The number of primary amides is 2. The maximum Gasteiger partial charge on any atom is 0.276 e. The van der Waals surface area contributed by atoms with Gasteiger partial charge in [-0.25, -0.2) is 4.98 Å². The van der Waals surface area contributed by atoms with E-state index in [1.54, 1.807) is 35.0 Å². The molecule has 0 radical (unpaired) electrons. The fourth-order valence-electron chi connectivity index (χ4n) is 7.78. The van der Waals surface area contributed by atoms with Crippen LogP contribution in [0, 0.1) is 12.3 Å². The number of allylic oxidation sites excluding steroid dienone is 1. The highest BCUT2D eigenvalue weighted by Crippen LogP contribution is 2.43. The molecule has 0 saturated carbocycles. The number of hydrogen-bond acceptors (Lipinski definition) is 12. The minimum absolute atomic E-state index is 0.228. The van der Waals surface area contributed by atoms with Crippen LogP contribution >= 0.6 is 0 Å². The second-order valence-electron chi connectivity index (χ2n) is 14.3. The predicted molar refractivity (Wildman–Crippen MR) is 208 cm³/mol.